The van der Waals surface area contributed by atoms with E-state index in [9.17, 15) is 4.79 Å². The Morgan fingerprint density at radius 2 is 1.70 bits per heavy atom. The first-order valence-electron chi connectivity index (χ1n) is 8.28. The highest BCUT2D eigenvalue weighted by Gasteiger charge is 2.06. The number of unbranched alkanes of at least 4 members (excludes halogenated alkanes) is 1. The molecule has 0 bridgehead atoms. The number of anilines is 1. The molecule has 1 amide bonds. The van der Waals surface area contributed by atoms with Crippen LogP contribution in [0.5, 0.6) is 0 Å². The Morgan fingerprint density at radius 1 is 1.04 bits per heavy atom. The number of nitrogens with one attached hydrogen (secondary N) is 1. The van der Waals surface area contributed by atoms with E-state index >= 15 is 0 Å². The summed E-state index contributed by atoms with van der Waals surface area (Å²) in [5.41, 5.74) is 3.89. The van der Waals surface area contributed by atoms with Gasteiger partial charge < -0.3 is 5.32 Å². The van der Waals surface area contributed by atoms with Crippen molar-refractivity contribution in [1.82, 2.24) is 0 Å². The molecule has 2 heteroatoms. The molecule has 0 fully saturated rings. The second-order valence-corrected chi connectivity index (χ2v) is 6.04. The van der Waals surface area contributed by atoms with Gasteiger partial charge in [0.1, 0.15) is 0 Å². The Balaban J connectivity index is 2.00. The first kappa shape index (κ1) is 17.0. The van der Waals surface area contributed by atoms with Crippen molar-refractivity contribution in [2.75, 3.05) is 5.32 Å². The Kier molecular flexibility index (Phi) is 6.16. The molecule has 0 aliphatic rings. The molecule has 2 aromatic carbocycles. The summed E-state index contributed by atoms with van der Waals surface area (Å²) in [4.78, 5) is 12.3. The molecule has 0 atom stereocenters. The van der Waals surface area contributed by atoms with Crippen LogP contribution in [-0.2, 0) is 0 Å². The van der Waals surface area contributed by atoms with E-state index in [2.05, 4.69) is 50.4 Å². The van der Waals surface area contributed by atoms with Crippen molar-refractivity contribution >= 4 is 17.7 Å². The van der Waals surface area contributed by atoms with Gasteiger partial charge in [-0.1, -0.05) is 63.6 Å². The summed E-state index contributed by atoms with van der Waals surface area (Å²) in [5.74, 6) is 0.416. The first-order valence-corrected chi connectivity index (χ1v) is 8.28. The van der Waals surface area contributed by atoms with Crippen LogP contribution in [-0.4, -0.2) is 5.91 Å². The predicted molar refractivity (Wildman–Crippen MR) is 98.9 cm³/mol. The van der Waals surface area contributed by atoms with Gasteiger partial charge in [-0.2, -0.15) is 0 Å². The van der Waals surface area contributed by atoms with Crippen LogP contribution in [0.3, 0.4) is 0 Å². The second kappa shape index (κ2) is 8.33. The van der Waals surface area contributed by atoms with Crippen LogP contribution in [0, 0.1) is 0 Å². The first-order chi connectivity index (χ1) is 11.1. The fourth-order valence-corrected chi connectivity index (χ4v) is 2.29. The minimum Gasteiger partial charge on any atom is -0.322 e. The monoisotopic (exact) mass is 307 g/mol. The van der Waals surface area contributed by atoms with Crippen LogP contribution >= 0.6 is 0 Å². The lowest BCUT2D eigenvalue weighted by Gasteiger charge is -2.08. The average Bonchev–Trinajstić information content (AvgIpc) is 2.56. The number of carbonyl (C=O) groups is 1. The van der Waals surface area contributed by atoms with E-state index in [1.165, 1.54) is 5.56 Å². The molecule has 0 heterocycles. The molecule has 2 rings (SSSR count). The van der Waals surface area contributed by atoms with Gasteiger partial charge in [0.25, 0.3) is 5.91 Å². The Bertz CT molecular complexity index is 651. The van der Waals surface area contributed by atoms with Gasteiger partial charge in [-0.25, -0.2) is 0 Å². The van der Waals surface area contributed by atoms with Gasteiger partial charge in [0.2, 0.25) is 0 Å². The topological polar surface area (TPSA) is 29.1 Å². The van der Waals surface area contributed by atoms with Crippen LogP contribution in [0.15, 0.2) is 54.6 Å². The molecule has 0 unspecified atom stereocenters. The molecule has 2 nitrogen and oxygen atoms in total. The van der Waals surface area contributed by atoms with Crippen molar-refractivity contribution in [2.45, 2.75) is 39.5 Å². The lowest BCUT2D eigenvalue weighted by Crippen LogP contribution is -2.11. The second-order valence-electron chi connectivity index (χ2n) is 6.04. The molecular formula is C21H25NO. The molecule has 1 N–H and O–H groups in total. The van der Waals surface area contributed by atoms with Gasteiger partial charge >= 0.3 is 0 Å². The van der Waals surface area contributed by atoms with Gasteiger partial charge in [0.05, 0.1) is 0 Å². The van der Waals surface area contributed by atoms with Crippen molar-refractivity contribution in [3.8, 4) is 0 Å². The largest absolute Gasteiger partial charge is 0.322 e. The number of carbonyl (C=O) groups excluding carboxylic acids is 1. The molecular weight excluding hydrogens is 282 g/mol. The lowest BCUT2D eigenvalue weighted by molar-refractivity contribution is 0.102. The molecule has 0 saturated heterocycles. The summed E-state index contributed by atoms with van der Waals surface area (Å²) in [6.45, 7) is 6.47. The van der Waals surface area contributed by atoms with E-state index in [4.69, 9.17) is 0 Å². The van der Waals surface area contributed by atoms with Crippen molar-refractivity contribution in [2.24, 2.45) is 0 Å². The number of hydrogen-bond acceptors (Lipinski definition) is 1. The Hall–Kier alpha value is -2.35. The zero-order chi connectivity index (χ0) is 16.7. The highest BCUT2D eigenvalue weighted by molar-refractivity contribution is 6.04. The SMILES string of the molecule is CCCC=Cc1ccc(C(=O)Nc2ccc(C(C)C)cc2)cc1. The lowest BCUT2D eigenvalue weighted by atomic mass is 10.0. The predicted octanol–water partition coefficient (Wildman–Crippen LogP) is 5.88. The van der Waals surface area contributed by atoms with Crippen LogP contribution in [0.25, 0.3) is 6.08 Å². The number of hydrogen-bond donors (Lipinski definition) is 1. The average molecular weight is 307 g/mol. The molecule has 0 aliphatic heterocycles. The summed E-state index contributed by atoms with van der Waals surface area (Å²) in [6, 6.07) is 15.7. The third kappa shape index (κ3) is 5.10. The molecule has 2 aromatic rings. The molecule has 0 aromatic heterocycles. The van der Waals surface area contributed by atoms with Crippen LogP contribution in [0.4, 0.5) is 5.69 Å². The number of amides is 1. The van der Waals surface area contributed by atoms with Crippen molar-refractivity contribution in [1.29, 1.82) is 0 Å². The summed E-state index contributed by atoms with van der Waals surface area (Å²) in [7, 11) is 0. The summed E-state index contributed by atoms with van der Waals surface area (Å²) < 4.78 is 0. The molecule has 0 aliphatic carbocycles. The summed E-state index contributed by atoms with van der Waals surface area (Å²) in [6.07, 6.45) is 6.47. The third-order valence-electron chi connectivity index (χ3n) is 3.77. The van der Waals surface area contributed by atoms with Crippen LogP contribution < -0.4 is 5.32 Å². The quantitative estimate of drug-likeness (QED) is 0.710. The fourth-order valence-electron chi connectivity index (χ4n) is 2.29. The molecule has 0 spiro atoms. The van der Waals surface area contributed by atoms with Crippen molar-refractivity contribution < 1.29 is 4.79 Å². The maximum absolute atomic E-state index is 12.3. The Labute approximate surface area is 139 Å². The highest BCUT2D eigenvalue weighted by Crippen LogP contribution is 2.18. The normalized spacial score (nSPS) is 11.1. The van der Waals surface area contributed by atoms with Crippen molar-refractivity contribution in [3.05, 3.63) is 71.3 Å². The molecule has 0 radical (unpaired) electrons. The maximum Gasteiger partial charge on any atom is 0.255 e. The van der Waals surface area contributed by atoms with Gasteiger partial charge in [-0.3, -0.25) is 4.79 Å². The fraction of sp³-hybridized carbons (Fsp3) is 0.286. The molecule has 23 heavy (non-hydrogen) atoms. The van der Waals surface area contributed by atoms with Gasteiger partial charge in [0.15, 0.2) is 0 Å². The van der Waals surface area contributed by atoms with E-state index < -0.39 is 0 Å². The smallest absolute Gasteiger partial charge is 0.255 e. The van der Waals surface area contributed by atoms with Gasteiger partial charge in [-0.15, -0.1) is 0 Å². The van der Waals surface area contributed by atoms with E-state index in [1.807, 2.05) is 36.4 Å². The number of benzene rings is 2. The van der Waals surface area contributed by atoms with Gasteiger partial charge in [0, 0.05) is 11.3 Å². The van der Waals surface area contributed by atoms with Crippen molar-refractivity contribution in [3.63, 3.8) is 0 Å². The maximum atomic E-state index is 12.3. The molecule has 120 valence electrons. The van der Waals surface area contributed by atoms with E-state index in [0.717, 1.165) is 24.1 Å². The minimum absolute atomic E-state index is 0.0774. The zero-order valence-corrected chi connectivity index (χ0v) is 14.2. The van der Waals surface area contributed by atoms with E-state index in [0.29, 0.717) is 11.5 Å². The highest BCUT2D eigenvalue weighted by atomic mass is 16.1. The zero-order valence-electron chi connectivity index (χ0n) is 14.2. The number of rotatable bonds is 6. The van der Waals surface area contributed by atoms with E-state index in [-0.39, 0.29) is 5.91 Å². The van der Waals surface area contributed by atoms with Crippen LogP contribution in [0.1, 0.15) is 61.0 Å². The molecule has 0 saturated carbocycles. The third-order valence-corrected chi connectivity index (χ3v) is 3.77. The van der Waals surface area contributed by atoms with Crippen LogP contribution in [0.2, 0.25) is 0 Å². The standard InChI is InChI=1S/C21H25NO/c1-4-5-6-7-17-8-10-19(11-9-17)21(23)22-20-14-12-18(13-15-20)16(2)3/h6-16H,4-5H2,1-3H3,(H,22,23). The summed E-state index contributed by atoms with van der Waals surface area (Å²) >= 11 is 0. The van der Waals surface area contributed by atoms with E-state index in [1.54, 1.807) is 0 Å². The summed E-state index contributed by atoms with van der Waals surface area (Å²) in [5, 5.41) is 2.94. The Morgan fingerprint density at radius 3 is 2.26 bits per heavy atom. The number of allylic oxidation sites excluding steroid dienone is 1. The minimum atomic E-state index is -0.0774. The van der Waals surface area contributed by atoms with Gasteiger partial charge in [-0.05, 0) is 47.7 Å².